The minimum Gasteiger partial charge on any atom is -0.360 e. The van der Waals surface area contributed by atoms with Gasteiger partial charge in [0, 0.05) is 24.7 Å². The summed E-state index contributed by atoms with van der Waals surface area (Å²) in [5, 5.41) is 5.90. The van der Waals surface area contributed by atoms with E-state index in [1.807, 2.05) is 0 Å². The molecule has 1 aromatic carbocycles. The molecule has 0 saturated heterocycles. The second-order valence-electron chi connectivity index (χ2n) is 4.98. The molecule has 0 aliphatic heterocycles. The lowest BCUT2D eigenvalue weighted by Crippen LogP contribution is -2.28. The minimum atomic E-state index is -3.85. The molecule has 0 spiro atoms. The third-order valence-electron chi connectivity index (χ3n) is 3.08. The van der Waals surface area contributed by atoms with Crippen molar-refractivity contribution in [2.45, 2.75) is 25.2 Å². The van der Waals surface area contributed by atoms with Crippen LogP contribution < -0.4 is 10.0 Å². The van der Waals surface area contributed by atoms with Gasteiger partial charge in [0.05, 0.1) is 0 Å². The lowest BCUT2D eigenvalue weighted by Gasteiger charge is -2.07. The van der Waals surface area contributed by atoms with Crippen LogP contribution in [0.3, 0.4) is 0 Å². The van der Waals surface area contributed by atoms with Gasteiger partial charge in [0.15, 0.2) is 17.4 Å². The van der Waals surface area contributed by atoms with Gasteiger partial charge in [0.2, 0.25) is 15.9 Å². The molecule has 0 aliphatic rings. The standard InChI is InChI=1S/C14H15F2N3O4S/c1-8-14(9(2)23-19-8)24(21,22)17-6-5-13(20)18-10-3-4-11(15)12(16)7-10/h3-4,7,17H,5-6H2,1-2H3,(H,18,20). The van der Waals surface area contributed by atoms with E-state index in [0.29, 0.717) is 0 Å². The molecule has 1 aromatic heterocycles. The molecule has 0 fully saturated rings. The van der Waals surface area contributed by atoms with Gasteiger partial charge in [-0.3, -0.25) is 4.79 Å². The van der Waals surface area contributed by atoms with E-state index in [1.165, 1.54) is 19.9 Å². The van der Waals surface area contributed by atoms with Crippen molar-refractivity contribution in [2.24, 2.45) is 0 Å². The number of hydrogen-bond acceptors (Lipinski definition) is 5. The van der Waals surface area contributed by atoms with E-state index in [0.717, 1.165) is 12.1 Å². The van der Waals surface area contributed by atoms with E-state index in [-0.39, 0.29) is 35.0 Å². The van der Waals surface area contributed by atoms with Crippen LogP contribution in [-0.4, -0.2) is 26.0 Å². The van der Waals surface area contributed by atoms with Gasteiger partial charge >= 0.3 is 0 Å². The van der Waals surface area contributed by atoms with Crippen molar-refractivity contribution in [1.29, 1.82) is 0 Å². The Hall–Kier alpha value is -2.33. The molecular weight excluding hydrogens is 344 g/mol. The summed E-state index contributed by atoms with van der Waals surface area (Å²) in [7, 11) is -3.85. The normalized spacial score (nSPS) is 11.5. The topological polar surface area (TPSA) is 101 Å². The van der Waals surface area contributed by atoms with Crippen molar-refractivity contribution in [1.82, 2.24) is 9.88 Å². The summed E-state index contributed by atoms with van der Waals surface area (Å²) < 4.78 is 57.1. The summed E-state index contributed by atoms with van der Waals surface area (Å²) >= 11 is 0. The molecule has 0 radical (unpaired) electrons. The number of aryl methyl sites for hydroxylation is 2. The van der Waals surface area contributed by atoms with Crippen molar-refractivity contribution >= 4 is 21.6 Å². The molecule has 2 aromatic rings. The van der Waals surface area contributed by atoms with Crippen LogP contribution in [0.5, 0.6) is 0 Å². The van der Waals surface area contributed by atoms with Crippen molar-refractivity contribution < 1.29 is 26.5 Å². The molecular formula is C14H15F2N3O4S. The van der Waals surface area contributed by atoms with Gasteiger partial charge in [0.25, 0.3) is 0 Å². The molecule has 1 heterocycles. The summed E-state index contributed by atoms with van der Waals surface area (Å²) in [6.07, 6.45) is -0.193. The molecule has 2 rings (SSSR count). The summed E-state index contributed by atoms with van der Waals surface area (Å²) in [6, 6.07) is 2.91. The van der Waals surface area contributed by atoms with Gasteiger partial charge in [-0.25, -0.2) is 21.9 Å². The molecule has 130 valence electrons. The molecule has 0 atom stereocenters. The van der Waals surface area contributed by atoms with Crippen LogP contribution in [0.25, 0.3) is 0 Å². The van der Waals surface area contributed by atoms with Gasteiger partial charge in [0.1, 0.15) is 10.6 Å². The Kier molecular flexibility index (Phi) is 5.30. The average Bonchev–Trinajstić information content (AvgIpc) is 2.82. The van der Waals surface area contributed by atoms with E-state index in [9.17, 15) is 22.0 Å². The number of anilines is 1. The van der Waals surface area contributed by atoms with E-state index in [1.54, 1.807) is 0 Å². The maximum Gasteiger partial charge on any atom is 0.245 e. The predicted molar refractivity (Wildman–Crippen MR) is 80.8 cm³/mol. The first-order chi connectivity index (χ1) is 11.2. The number of amides is 1. The lowest BCUT2D eigenvalue weighted by atomic mass is 10.3. The SMILES string of the molecule is Cc1noc(C)c1S(=O)(=O)NCCC(=O)Nc1ccc(F)c(F)c1. The predicted octanol–water partition coefficient (Wildman–Crippen LogP) is 1.88. The number of nitrogens with zero attached hydrogens (tertiary/aromatic N) is 1. The number of sulfonamides is 1. The molecule has 0 unspecified atom stereocenters. The number of hydrogen-bond donors (Lipinski definition) is 2. The fraction of sp³-hybridized carbons (Fsp3) is 0.286. The molecule has 0 saturated carbocycles. The van der Waals surface area contributed by atoms with Crippen LogP contribution in [0.1, 0.15) is 17.9 Å². The lowest BCUT2D eigenvalue weighted by molar-refractivity contribution is -0.116. The second-order valence-corrected chi connectivity index (χ2v) is 6.68. The number of rotatable bonds is 6. The third kappa shape index (κ3) is 4.15. The zero-order valence-corrected chi connectivity index (χ0v) is 13.7. The summed E-state index contributed by atoms with van der Waals surface area (Å²) in [5.41, 5.74) is 0.290. The van der Waals surface area contributed by atoms with Crippen LogP contribution in [0.2, 0.25) is 0 Å². The maximum absolute atomic E-state index is 13.0. The molecule has 0 bridgehead atoms. The van der Waals surface area contributed by atoms with Crippen LogP contribution in [0.15, 0.2) is 27.6 Å². The zero-order chi connectivity index (χ0) is 17.9. The fourth-order valence-corrected chi connectivity index (χ4v) is 3.38. The van der Waals surface area contributed by atoms with Gasteiger partial charge < -0.3 is 9.84 Å². The van der Waals surface area contributed by atoms with Gasteiger partial charge in [-0.05, 0) is 26.0 Å². The summed E-state index contributed by atoms with van der Waals surface area (Å²) in [6.45, 7) is 2.77. The van der Waals surface area contributed by atoms with Crippen molar-refractivity contribution in [3.05, 3.63) is 41.3 Å². The van der Waals surface area contributed by atoms with Crippen LogP contribution >= 0.6 is 0 Å². The Morgan fingerprint density at radius 2 is 1.96 bits per heavy atom. The van der Waals surface area contributed by atoms with E-state index >= 15 is 0 Å². The minimum absolute atomic E-state index is 0.0662. The van der Waals surface area contributed by atoms with Crippen molar-refractivity contribution in [3.63, 3.8) is 0 Å². The first-order valence-electron chi connectivity index (χ1n) is 6.88. The molecule has 10 heteroatoms. The van der Waals surface area contributed by atoms with Crippen LogP contribution in [-0.2, 0) is 14.8 Å². The maximum atomic E-state index is 13.0. The van der Waals surface area contributed by atoms with E-state index < -0.39 is 27.6 Å². The largest absolute Gasteiger partial charge is 0.360 e. The molecule has 24 heavy (non-hydrogen) atoms. The summed E-state index contributed by atoms with van der Waals surface area (Å²) in [5.74, 6) is -2.53. The van der Waals surface area contributed by atoms with Crippen molar-refractivity contribution in [3.8, 4) is 0 Å². The number of aromatic nitrogens is 1. The van der Waals surface area contributed by atoms with E-state index in [4.69, 9.17) is 4.52 Å². The molecule has 2 N–H and O–H groups in total. The fourth-order valence-electron chi connectivity index (χ4n) is 2.03. The smallest absolute Gasteiger partial charge is 0.245 e. The number of nitrogens with one attached hydrogen (secondary N) is 2. The van der Waals surface area contributed by atoms with Crippen molar-refractivity contribution in [2.75, 3.05) is 11.9 Å². The van der Waals surface area contributed by atoms with Crippen LogP contribution in [0, 0.1) is 25.5 Å². The molecule has 0 aliphatic carbocycles. The monoisotopic (exact) mass is 359 g/mol. The quantitative estimate of drug-likeness (QED) is 0.820. The zero-order valence-electron chi connectivity index (χ0n) is 12.9. The van der Waals surface area contributed by atoms with Gasteiger partial charge in [-0.15, -0.1) is 0 Å². The van der Waals surface area contributed by atoms with E-state index in [2.05, 4.69) is 15.2 Å². The van der Waals surface area contributed by atoms with Gasteiger partial charge in [-0.2, -0.15) is 0 Å². The molecule has 7 nitrogen and oxygen atoms in total. The third-order valence-corrected chi connectivity index (χ3v) is 4.79. The second kappa shape index (κ2) is 7.05. The highest BCUT2D eigenvalue weighted by Gasteiger charge is 2.23. The Morgan fingerprint density at radius 1 is 1.25 bits per heavy atom. The highest BCUT2D eigenvalue weighted by atomic mass is 32.2. The Balaban J connectivity index is 1.91. The molecule has 1 amide bonds. The number of halogens is 2. The average molecular weight is 359 g/mol. The first kappa shape index (κ1) is 18.0. The first-order valence-corrected chi connectivity index (χ1v) is 8.36. The van der Waals surface area contributed by atoms with Crippen LogP contribution in [0.4, 0.5) is 14.5 Å². The Bertz CT molecular complexity index is 845. The number of carbonyl (C=O) groups excluding carboxylic acids is 1. The number of carbonyl (C=O) groups is 1. The highest BCUT2D eigenvalue weighted by molar-refractivity contribution is 7.89. The highest BCUT2D eigenvalue weighted by Crippen LogP contribution is 2.18. The number of benzene rings is 1. The summed E-state index contributed by atoms with van der Waals surface area (Å²) in [4.78, 5) is 11.7. The Labute approximate surface area is 137 Å². The Morgan fingerprint density at radius 3 is 2.54 bits per heavy atom. The van der Waals surface area contributed by atoms with Gasteiger partial charge in [-0.1, -0.05) is 5.16 Å².